The maximum Gasteiger partial charge on any atom is 0.0410 e. The number of hydrogen-bond acceptors (Lipinski definition) is 2. The normalized spacial score (nSPS) is 10.9. The van der Waals surface area contributed by atoms with Crippen LogP contribution >= 0.6 is 15.9 Å². The molecule has 1 rings (SSSR count). The summed E-state index contributed by atoms with van der Waals surface area (Å²) in [6.45, 7) is 6.54. The van der Waals surface area contributed by atoms with Gasteiger partial charge in [0, 0.05) is 16.9 Å². The maximum atomic E-state index is 4.12. The van der Waals surface area contributed by atoms with Crippen LogP contribution in [0.1, 0.15) is 19.4 Å². The molecule has 0 radical (unpaired) electrons. The van der Waals surface area contributed by atoms with E-state index in [1.165, 1.54) is 5.56 Å². The quantitative estimate of drug-likeness (QED) is 0.820. The Morgan fingerprint density at radius 1 is 1.43 bits per heavy atom. The number of rotatable bonds is 5. The van der Waals surface area contributed by atoms with Crippen LogP contribution in [0.3, 0.4) is 0 Å². The van der Waals surface area contributed by atoms with E-state index in [4.69, 9.17) is 0 Å². The van der Waals surface area contributed by atoms with E-state index in [9.17, 15) is 0 Å². The third-order valence-corrected chi connectivity index (χ3v) is 2.34. The van der Waals surface area contributed by atoms with E-state index in [2.05, 4.69) is 46.1 Å². The van der Waals surface area contributed by atoms with Crippen molar-refractivity contribution in [2.24, 2.45) is 5.92 Å². The van der Waals surface area contributed by atoms with Crippen molar-refractivity contribution in [1.29, 1.82) is 0 Å². The van der Waals surface area contributed by atoms with E-state index in [1.54, 1.807) is 0 Å². The Labute approximate surface area is 94.3 Å². The Morgan fingerprint density at radius 3 is 2.86 bits per heavy atom. The molecule has 1 heterocycles. The monoisotopic (exact) mass is 256 g/mol. The van der Waals surface area contributed by atoms with Gasteiger partial charge in [-0.1, -0.05) is 13.8 Å². The lowest BCUT2D eigenvalue weighted by atomic mass is 10.2. The first-order valence-corrected chi connectivity index (χ1v) is 5.78. The summed E-state index contributed by atoms with van der Waals surface area (Å²) in [4.78, 5) is 4.12. The van der Waals surface area contributed by atoms with E-state index in [1.807, 2.05) is 12.4 Å². The van der Waals surface area contributed by atoms with Gasteiger partial charge in [0.25, 0.3) is 0 Å². The summed E-state index contributed by atoms with van der Waals surface area (Å²) in [5, 5.41) is 3.41. The minimum Gasteiger partial charge on any atom is -0.316 e. The SMILES string of the molecule is CC(C)CNCCc1cncc(Br)c1. The van der Waals surface area contributed by atoms with Gasteiger partial charge in [-0.2, -0.15) is 0 Å². The Kier molecular flexibility index (Phi) is 5.12. The Balaban J connectivity index is 2.25. The molecular weight excluding hydrogens is 240 g/mol. The zero-order chi connectivity index (χ0) is 10.4. The number of aromatic nitrogens is 1. The molecule has 1 N–H and O–H groups in total. The molecule has 0 aliphatic heterocycles. The van der Waals surface area contributed by atoms with Crippen LogP contribution in [0.5, 0.6) is 0 Å². The molecular formula is C11H17BrN2. The first-order chi connectivity index (χ1) is 6.68. The summed E-state index contributed by atoms with van der Waals surface area (Å²) in [5.74, 6) is 0.718. The summed E-state index contributed by atoms with van der Waals surface area (Å²) in [6.07, 6.45) is 4.77. The predicted octanol–water partition coefficient (Wildman–Crippen LogP) is 2.63. The number of nitrogens with zero attached hydrogens (tertiary/aromatic N) is 1. The van der Waals surface area contributed by atoms with Crippen LogP contribution in [-0.4, -0.2) is 18.1 Å². The number of nitrogens with one attached hydrogen (secondary N) is 1. The Bertz CT molecular complexity index is 274. The fourth-order valence-electron chi connectivity index (χ4n) is 1.22. The molecule has 0 aliphatic carbocycles. The standard InChI is InChI=1S/C11H17BrN2/c1-9(2)6-13-4-3-10-5-11(12)8-14-7-10/h5,7-9,13H,3-4,6H2,1-2H3. The first-order valence-electron chi connectivity index (χ1n) is 4.98. The fraction of sp³-hybridized carbons (Fsp3) is 0.545. The third kappa shape index (κ3) is 4.72. The van der Waals surface area contributed by atoms with Crippen molar-refractivity contribution >= 4 is 15.9 Å². The second-order valence-corrected chi connectivity index (χ2v) is 4.78. The minimum atomic E-state index is 0.718. The molecule has 78 valence electrons. The van der Waals surface area contributed by atoms with E-state index in [-0.39, 0.29) is 0 Å². The summed E-state index contributed by atoms with van der Waals surface area (Å²) in [6, 6.07) is 2.12. The molecule has 2 nitrogen and oxygen atoms in total. The Morgan fingerprint density at radius 2 is 2.21 bits per heavy atom. The topological polar surface area (TPSA) is 24.9 Å². The van der Waals surface area contributed by atoms with Crippen molar-refractivity contribution in [3.05, 3.63) is 28.5 Å². The molecule has 0 bridgehead atoms. The van der Waals surface area contributed by atoms with Crippen LogP contribution in [-0.2, 0) is 6.42 Å². The average Bonchev–Trinajstić information content (AvgIpc) is 2.12. The van der Waals surface area contributed by atoms with Gasteiger partial charge < -0.3 is 5.32 Å². The van der Waals surface area contributed by atoms with Gasteiger partial charge in [-0.3, -0.25) is 4.98 Å². The number of halogens is 1. The molecule has 0 amide bonds. The van der Waals surface area contributed by atoms with E-state index < -0.39 is 0 Å². The van der Waals surface area contributed by atoms with Gasteiger partial charge in [0.1, 0.15) is 0 Å². The molecule has 0 spiro atoms. The summed E-state index contributed by atoms with van der Waals surface area (Å²) < 4.78 is 1.05. The van der Waals surface area contributed by atoms with E-state index >= 15 is 0 Å². The molecule has 0 unspecified atom stereocenters. The smallest absolute Gasteiger partial charge is 0.0410 e. The second-order valence-electron chi connectivity index (χ2n) is 3.86. The molecule has 0 saturated carbocycles. The van der Waals surface area contributed by atoms with Crippen LogP contribution in [0.2, 0.25) is 0 Å². The zero-order valence-corrected chi connectivity index (χ0v) is 10.3. The van der Waals surface area contributed by atoms with Crippen LogP contribution in [0.15, 0.2) is 22.9 Å². The first kappa shape index (κ1) is 11.7. The van der Waals surface area contributed by atoms with Crippen molar-refractivity contribution in [2.75, 3.05) is 13.1 Å². The van der Waals surface area contributed by atoms with Crippen molar-refractivity contribution in [3.8, 4) is 0 Å². The Hall–Kier alpha value is -0.410. The second kappa shape index (κ2) is 6.14. The lowest BCUT2D eigenvalue weighted by Gasteiger charge is -2.06. The number of hydrogen-bond donors (Lipinski definition) is 1. The molecule has 0 aliphatic rings. The highest BCUT2D eigenvalue weighted by molar-refractivity contribution is 9.10. The highest BCUT2D eigenvalue weighted by Gasteiger charge is 1.96. The largest absolute Gasteiger partial charge is 0.316 e. The van der Waals surface area contributed by atoms with Crippen LogP contribution in [0.25, 0.3) is 0 Å². The molecule has 14 heavy (non-hydrogen) atoms. The van der Waals surface area contributed by atoms with Gasteiger partial charge in [0.15, 0.2) is 0 Å². The van der Waals surface area contributed by atoms with Crippen molar-refractivity contribution in [3.63, 3.8) is 0 Å². The molecule has 1 aromatic heterocycles. The minimum absolute atomic E-state index is 0.718. The fourth-order valence-corrected chi connectivity index (χ4v) is 1.63. The van der Waals surface area contributed by atoms with Crippen molar-refractivity contribution in [1.82, 2.24) is 10.3 Å². The molecule has 0 aromatic carbocycles. The zero-order valence-electron chi connectivity index (χ0n) is 8.76. The van der Waals surface area contributed by atoms with Crippen LogP contribution < -0.4 is 5.32 Å². The molecule has 3 heteroatoms. The molecule has 0 atom stereocenters. The summed E-state index contributed by atoms with van der Waals surface area (Å²) in [7, 11) is 0. The highest BCUT2D eigenvalue weighted by atomic mass is 79.9. The van der Waals surface area contributed by atoms with Crippen molar-refractivity contribution in [2.45, 2.75) is 20.3 Å². The summed E-state index contributed by atoms with van der Waals surface area (Å²) in [5.41, 5.74) is 1.27. The molecule has 0 fully saturated rings. The van der Waals surface area contributed by atoms with Crippen LogP contribution in [0.4, 0.5) is 0 Å². The van der Waals surface area contributed by atoms with E-state index in [0.29, 0.717) is 0 Å². The van der Waals surface area contributed by atoms with E-state index in [0.717, 1.165) is 29.9 Å². The molecule has 0 saturated heterocycles. The average molecular weight is 257 g/mol. The summed E-state index contributed by atoms with van der Waals surface area (Å²) >= 11 is 3.41. The lowest BCUT2D eigenvalue weighted by molar-refractivity contribution is 0.554. The van der Waals surface area contributed by atoms with Crippen molar-refractivity contribution < 1.29 is 0 Å². The lowest BCUT2D eigenvalue weighted by Crippen LogP contribution is -2.22. The van der Waals surface area contributed by atoms with Gasteiger partial charge in [-0.15, -0.1) is 0 Å². The highest BCUT2D eigenvalue weighted by Crippen LogP contribution is 2.09. The van der Waals surface area contributed by atoms with Crippen LogP contribution in [0, 0.1) is 5.92 Å². The maximum absolute atomic E-state index is 4.12. The predicted molar refractivity (Wildman–Crippen MR) is 63.3 cm³/mol. The molecule has 1 aromatic rings. The number of pyridine rings is 1. The third-order valence-electron chi connectivity index (χ3n) is 1.90. The van der Waals surface area contributed by atoms with Gasteiger partial charge >= 0.3 is 0 Å². The van der Waals surface area contributed by atoms with Gasteiger partial charge in [0.05, 0.1) is 0 Å². The van der Waals surface area contributed by atoms with Gasteiger partial charge in [0.2, 0.25) is 0 Å². The van der Waals surface area contributed by atoms with Gasteiger partial charge in [-0.05, 0) is 53.0 Å². The van der Waals surface area contributed by atoms with Gasteiger partial charge in [-0.25, -0.2) is 0 Å².